The number of carbonyl (C=O) groups excluding carboxylic acids is 1. The Labute approximate surface area is 185 Å². The molecule has 1 N–H and O–H groups in total. The lowest BCUT2D eigenvalue weighted by atomic mass is 10.0. The van der Waals surface area contributed by atoms with Gasteiger partial charge in [-0.25, -0.2) is 10.4 Å². The third-order valence-electron chi connectivity index (χ3n) is 6.11. The summed E-state index contributed by atoms with van der Waals surface area (Å²) >= 11 is 0. The van der Waals surface area contributed by atoms with Gasteiger partial charge in [0.05, 0.1) is 12.6 Å². The lowest BCUT2D eigenvalue weighted by molar-refractivity contribution is -0.135. The van der Waals surface area contributed by atoms with E-state index in [1.54, 1.807) is 11.1 Å². The minimum Gasteiger partial charge on any atom is -0.454 e. The predicted molar refractivity (Wildman–Crippen MR) is 115 cm³/mol. The van der Waals surface area contributed by atoms with Crippen LogP contribution in [0.2, 0.25) is 0 Å². The predicted octanol–water partition coefficient (Wildman–Crippen LogP) is 3.51. The Kier molecular flexibility index (Phi) is 4.39. The number of ether oxygens (including phenoxy) is 2. The van der Waals surface area contributed by atoms with Gasteiger partial charge in [0.15, 0.2) is 11.5 Å². The molecule has 2 unspecified atom stereocenters. The number of nitrogens with one attached hydrogen (secondary N) is 1. The second-order valence-corrected chi connectivity index (χ2v) is 8.11. The maximum absolute atomic E-state index is 13.3. The molecule has 32 heavy (non-hydrogen) atoms. The molecule has 1 saturated heterocycles. The van der Waals surface area contributed by atoms with Crippen molar-refractivity contribution in [2.75, 3.05) is 6.79 Å². The zero-order valence-corrected chi connectivity index (χ0v) is 17.5. The monoisotopic (exact) mass is 430 g/mol. The van der Waals surface area contributed by atoms with Crippen molar-refractivity contribution in [2.45, 2.75) is 32.0 Å². The number of benzene rings is 2. The number of aromatic nitrogens is 1. The quantitative estimate of drug-likeness (QED) is 0.678. The average Bonchev–Trinajstić information content (AvgIpc) is 3.54. The average molecular weight is 430 g/mol. The van der Waals surface area contributed by atoms with Gasteiger partial charge in [-0.15, -0.1) is 0 Å². The SMILES string of the molecule is Cc1oc(-c2ccccc2)nc1CN1C=CN2NC(c3ccc4c(c3)OCO4)CC2C1=O. The summed E-state index contributed by atoms with van der Waals surface area (Å²) in [6.45, 7) is 2.50. The summed E-state index contributed by atoms with van der Waals surface area (Å²) in [7, 11) is 0. The molecule has 3 aliphatic rings. The van der Waals surface area contributed by atoms with Crippen LogP contribution in [0.4, 0.5) is 0 Å². The summed E-state index contributed by atoms with van der Waals surface area (Å²) in [5.74, 6) is 2.82. The van der Waals surface area contributed by atoms with Crippen molar-refractivity contribution in [3.05, 3.63) is 77.9 Å². The largest absolute Gasteiger partial charge is 0.454 e. The first-order valence-electron chi connectivity index (χ1n) is 10.6. The molecule has 6 rings (SSSR count). The van der Waals surface area contributed by atoms with Crippen molar-refractivity contribution in [1.82, 2.24) is 20.3 Å². The second kappa shape index (κ2) is 7.42. The lowest BCUT2D eigenvalue weighted by Crippen LogP contribution is -2.47. The van der Waals surface area contributed by atoms with Gasteiger partial charge < -0.3 is 23.8 Å². The molecular weight excluding hydrogens is 408 g/mol. The van der Waals surface area contributed by atoms with Crippen LogP contribution >= 0.6 is 0 Å². The van der Waals surface area contributed by atoms with Crippen molar-refractivity contribution in [1.29, 1.82) is 0 Å². The molecule has 1 fully saturated rings. The summed E-state index contributed by atoms with van der Waals surface area (Å²) in [5.41, 5.74) is 6.16. The highest BCUT2D eigenvalue weighted by Crippen LogP contribution is 2.38. The second-order valence-electron chi connectivity index (χ2n) is 8.11. The normalized spacial score (nSPS) is 21.3. The van der Waals surface area contributed by atoms with Gasteiger partial charge in [-0.05, 0) is 43.2 Å². The molecule has 1 amide bonds. The number of carbonyl (C=O) groups is 1. The summed E-state index contributed by atoms with van der Waals surface area (Å²) in [5, 5.41) is 1.89. The zero-order valence-electron chi connectivity index (χ0n) is 17.5. The zero-order chi connectivity index (χ0) is 21.7. The van der Waals surface area contributed by atoms with Gasteiger partial charge in [-0.1, -0.05) is 24.3 Å². The van der Waals surface area contributed by atoms with E-state index in [2.05, 4.69) is 10.4 Å². The first-order valence-corrected chi connectivity index (χ1v) is 10.6. The number of nitrogens with zero attached hydrogens (tertiary/aromatic N) is 3. The molecule has 3 aromatic rings. The molecule has 162 valence electrons. The molecule has 2 atom stereocenters. The molecule has 4 heterocycles. The first kappa shape index (κ1) is 18.9. The number of fused-ring (bicyclic) bond motifs is 2. The first-order chi connectivity index (χ1) is 15.7. The Morgan fingerprint density at radius 1 is 1.09 bits per heavy atom. The Balaban J connectivity index is 1.18. The Bertz CT molecular complexity index is 1210. The van der Waals surface area contributed by atoms with Crippen LogP contribution in [0.1, 0.15) is 29.5 Å². The minimum atomic E-state index is -0.281. The van der Waals surface area contributed by atoms with Crippen molar-refractivity contribution in [3.8, 4) is 23.0 Å². The lowest BCUT2D eigenvalue weighted by Gasteiger charge is -2.31. The standard InChI is InChI=1S/C24H22N4O4/c1-15-19(25-23(32-15)16-5-3-2-4-6-16)13-27-9-10-28-20(24(27)29)12-18(26-28)17-7-8-21-22(11-17)31-14-30-21/h2-11,18,20,26H,12-14H2,1H3. The van der Waals surface area contributed by atoms with Crippen LogP contribution in [0.5, 0.6) is 11.5 Å². The molecule has 2 aromatic carbocycles. The minimum absolute atomic E-state index is 0.0153. The summed E-state index contributed by atoms with van der Waals surface area (Å²) in [6.07, 6.45) is 4.36. The van der Waals surface area contributed by atoms with Crippen molar-refractivity contribution in [3.63, 3.8) is 0 Å². The van der Waals surface area contributed by atoms with Crippen LogP contribution in [0.25, 0.3) is 11.5 Å². The van der Waals surface area contributed by atoms with E-state index in [0.29, 0.717) is 18.9 Å². The fourth-order valence-corrected chi connectivity index (χ4v) is 4.35. The van der Waals surface area contributed by atoms with Crippen LogP contribution in [-0.2, 0) is 11.3 Å². The molecule has 0 aliphatic carbocycles. The highest BCUT2D eigenvalue weighted by molar-refractivity contribution is 5.84. The van der Waals surface area contributed by atoms with Gasteiger partial charge in [0, 0.05) is 18.0 Å². The molecular formula is C24H22N4O4. The molecule has 8 nitrogen and oxygen atoms in total. The number of hydrogen-bond acceptors (Lipinski definition) is 7. The van der Waals surface area contributed by atoms with E-state index < -0.39 is 0 Å². The van der Waals surface area contributed by atoms with E-state index in [-0.39, 0.29) is 24.8 Å². The highest BCUT2D eigenvalue weighted by Gasteiger charge is 2.40. The molecule has 0 spiro atoms. The van der Waals surface area contributed by atoms with Gasteiger partial charge >= 0.3 is 0 Å². The summed E-state index contributed by atoms with van der Waals surface area (Å²) < 4.78 is 16.8. The van der Waals surface area contributed by atoms with Crippen molar-refractivity contribution >= 4 is 5.91 Å². The van der Waals surface area contributed by atoms with E-state index in [1.165, 1.54) is 0 Å². The van der Waals surface area contributed by atoms with Crippen LogP contribution in [-0.4, -0.2) is 33.6 Å². The fraction of sp³-hybridized carbons (Fsp3) is 0.250. The molecule has 8 heteroatoms. The number of hydrazine groups is 1. The topological polar surface area (TPSA) is 80.1 Å². The van der Waals surface area contributed by atoms with E-state index >= 15 is 0 Å². The van der Waals surface area contributed by atoms with E-state index in [1.807, 2.05) is 66.7 Å². The maximum atomic E-state index is 13.3. The van der Waals surface area contributed by atoms with E-state index in [0.717, 1.165) is 34.1 Å². The molecule has 1 aromatic heterocycles. The van der Waals surface area contributed by atoms with Crippen LogP contribution in [0.3, 0.4) is 0 Å². The maximum Gasteiger partial charge on any atom is 0.251 e. The molecule has 0 saturated carbocycles. The van der Waals surface area contributed by atoms with Crippen molar-refractivity contribution in [2.24, 2.45) is 0 Å². The summed E-state index contributed by atoms with van der Waals surface area (Å²) in [4.78, 5) is 19.6. The van der Waals surface area contributed by atoms with Crippen molar-refractivity contribution < 1.29 is 18.7 Å². The van der Waals surface area contributed by atoms with Crippen LogP contribution < -0.4 is 14.9 Å². The molecule has 0 radical (unpaired) electrons. The third kappa shape index (κ3) is 3.20. The van der Waals surface area contributed by atoms with Gasteiger partial charge in [-0.2, -0.15) is 0 Å². The van der Waals surface area contributed by atoms with Gasteiger partial charge in [0.1, 0.15) is 17.5 Å². The van der Waals surface area contributed by atoms with Gasteiger partial charge in [0.2, 0.25) is 12.7 Å². The smallest absolute Gasteiger partial charge is 0.251 e. The fourth-order valence-electron chi connectivity index (χ4n) is 4.35. The third-order valence-corrected chi connectivity index (χ3v) is 6.11. The number of aryl methyl sites for hydroxylation is 1. The highest BCUT2D eigenvalue weighted by atomic mass is 16.7. The number of hydrogen-bond donors (Lipinski definition) is 1. The van der Waals surface area contributed by atoms with Crippen LogP contribution in [0, 0.1) is 6.92 Å². The molecule has 3 aliphatic heterocycles. The molecule has 0 bridgehead atoms. The van der Waals surface area contributed by atoms with Crippen LogP contribution in [0.15, 0.2) is 65.3 Å². The van der Waals surface area contributed by atoms with E-state index in [9.17, 15) is 4.79 Å². The Morgan fingerprint density at radius 3 is 2.81 bits per heavy atom. The van der Waals surface area contributed by atoms with Gasteiger partial charge in [0.25, 0.3) is 5.91 Å². The number of amides is 1. The summed E-state index contributed by atoms with van der Waals surface area (Å²) in [6, 6.07) is 15.4. The Hall–Kier alpha value is -3.78. The number of oxazole rings is 1. The Morgan fingerprint density at radius 2 is 1.94 bits per heavy atom. The van der Waals surface area contributed by atoms with Gasteiger partial charge in [-0.3, -0.25) is 4.79 Å². The van der Waals surface area contributed by atoms with E-state index in [4.69, 9.17) is 13.9 Å². The number of rotatable bonds is 4.